The fourth-order valence-electron chi connectivity index (χ4n) is 1.43. The van der Waals surface area contributed by atoms with Gasteiger partial charge >= 0.3 is 0 Å². The molecule has 0 atom stereocenters. The summed E-state index contributed by atoms with van der Waals surface area (Å²) in [5.74, 6) is 0.780. The van der Waals surface area contributed by atoms with Crippen LogP contribution in [0.15, 0.2) is 24.3 Å². The summed E-state index contributed by atoms with van der Waals surface area (Å²) in [7, 11) is 3.39. The molecule has 1 aromatic carbocycles. The Morgan fingerprint density at radius 3 is 2.82 bits per heavy atom. The highest BCUT2D eigenvalue weighted by Gasteiger charge is 2.09. The van der Waals surface area contributed by atoms with E-state index in [1.54, 1.807) is 19.1 Å². The van der Waals surface area contributed by atoms with Gasteiger partial charge in [0.1, 0.15) is 12.4 Å². The van der Waals surface area contributed by atoms with Gasteiger partial charge in [0.05, 0.1) is 7.11 Å². The lowest BCUT2D eigenvalue weighted by Gasteiger charge is -2.17. The Morgan fingerprint density at radius 1 is 1.41 bits per heavy atom. The number of methoxy groups -OCH3 is 1. The van der Waals surface area contributed by atoms with E-state index in [1.165, 1.54) is 0 Å². The summed E-state index contributed by atoms with van der Waals surface area (Å²) < 4.78 is 10.2. The van der Waals surface area contributed by atoms with Crippen molar-refractivity contribution in [3.8, 4) is 5.75 Å². The van der Waals surface area contributed by atoms with Gasteiger partial charge in [-0.2, -0.15) is 0 Å². The number of ether oxygens (including phenoxy) is 2. The molecule has 4 heteroatoms. The summed E-state index contributed by atoms with van der Waals surface area (Å²) in [5.41, 5.74) is 1.04. The van der Waals surface area contributed by atoms with Crippen molar-refractivity contribution in [3.63, 3.8) is 0 Å². The van der Waals surface area contributed by atoms with E-state index in [1.807, 2.05) is 31.2 Å². The lowest BCUT2D eigenvalue weighted by atomic mass is 10.2. The zero-order chi connectivity index (χ0) is 12.7. The predicted octanol–water partition coefficient (Wildman–Crippen LogP) is 1.69. The topological polar surface area (TPSA) is 38.8 Å². The molecule has 0 bridgehead atoms. The third kappa shape index (κ3) is 4.44. The van der Waals surface area contributed by atoms with Crippen LogP contribution >= 0.6 is 0 Å². The smallest absolute Gasteiger partial charge is 0.248 e. The van der Waals surface area contributed by atoms with E-state index in [0.717, 1.165) is 11.3 Å². The quantitative estimate of drug-likeness (QED) is 0.755. The maximum absolute atomic E-state index is 11.6. The Morgan fingerprint density at radius 2 is 2.18 bits per heavy atom. The lowest BCUT2D eigenvalue weighted by molar-refractivity contribution is -0.135. The summed E-state index contributed by atoms with van der Waals surface area (Å²) >= 11 is 0. The number of hydrogen-bond acceptors (Lipinski definition) is 3. The van der Waals surface area contributed by atoms with Crippen molar-refractivity contribution in [2.75, 3.05) is 27.4 Å². The van der Waals surface area contributed by atoms with Crippen molar-refractivity contribution in [2.45, 2.75) is 13.5 Å². The van der Waals surface area contributed by atoms with Gasteiger partial charge in [-0.15, -0.1) is 0 Å². The van der Waals surface area contributed by atoms with E-state index in [-0.39, 0.29) is 12.5 Å². The van der Waals surface area contributed by atoms with E-state index < -0.39 is 0 Å². The largest absolute Gasteiger partial charge is 0.497 e. The number of carbonyl (C=O) groups is 1. The summed E-state index contributed by atoms with van der Waals surface area (Å²) in [5, 5.41) is 0. The van der Waals surface area contributed by atoms with E-state index >= 15 is 0 Å². The Kier molecular flexibility index (Phi) is 5.49. The van der Waals surface area contributed by atoms with Crippen LogP contribution in [0.1, 0.15) is 12.5 Å². The number of nitrogens with zero attached hydrogens (tertiary/aromatic N) is 1. The first-order chi connectivity index (χ1) is 8.17. The van der Waals surface area contributed by atoms with Gasteiger partial charge in [-0.1, -0.05) is 12.1 Å². The number of amides is 1. The van der Waals surface area contributed by atoms with Crippen LogP contribution in [0.3, 0.4) is 0 Å². The fourth-order valence-corrected chi connectivity index (χ4v) is 1.43. The van der Waals surface area contributed by atoms with E-state index in [9.17, 15) is 4.79 Å². The molecule has 0 unspecified atom stereocenters. The Bertz CT molecular complexity index is 365. The van der Waals surface area contributed by atoms with Gasteiger partial charge < -0.3 is 14.4 Å². The SMILES string of the molecule is CCOCC(=O)N(C)Cc1cccc(OC)c1. The Hall–Kier alpha value is -1.55. The van der Waals surface area contributed by atoms with Crippen LogP contribution in [0, 0.1) is 0 Å². The van der Waals surface area contributed by atoms with Crippen LogP contribution in [0.4, 0.5) is 0 Å². The van der Waals surface area contributed by atoms with Crippen molar-refractivity contribution in [2.24, 2.45) is 0 Å². The third-order valence-corrected chi connectivity index (χ3v) is 2.41. The molecule has 1 aromatic rings. The standard InChI is InChI=1S/C13H19NO3/c1-4-17-10-13(15)14(2)9-11-6-5-7-12(8-11)16-3/h5-8H,4,9-10H2,1-3H3. The van der Waals surface area contributed by atoms with Crippen LogP contribution in [-0.4, -0.2) is 38.2 Å². The minimum Gasteiger partial charge on any atom is -0.497 e. The van der Waals surface area contributed by atoms with Gasteiger partial charge in [0.25, 0.3) is 0 Å². The van der Waals surface area contributed by atoms with Gasteiger partial charge in [-0.3, -0.25) is 4.79 Å². The molecule has 94 valence electrons. The highest BCUT2D eigenvalue weighted by atomic mass is 16.5. The summed E-state index contributed by atoms with van der Waals surface area (Å²) in [6.07, 6.45) is 0. The van der Waals surface area contributed by atoms with E-state index in [2.05, 4.69) is 0 Å². The second kappa shape index (κ2) is 6.91. The van der Waals surface area contributed by atoms with Gasteiger partial charge in [0.2, 0.25) is 5.91 Å². The first kappa shape index (κ1) is 13.5. The molecule has 0 radical (unpaired) electrons. The zero-order valence-electron chi connectivity index (χ0n) is 10.6. The molecule has 1 amide bonds. The molecular weight excluding hydrogens is 218 g/mol. The van der Waals surface area contributed by atoms with Crippen LogP contribution in [-0.2, 0) is 16.1 Å². The van der Waals surface area contributed by atoms with E-state index in [4.69, 9.17) is 9.47 Å². The predicted molar refractivity (Wildman–Crippen MR) is 66.0 cm³/mol. The van der Waals surface area contributed by atoms with Gasteiger partial charge in [-0.05, 0) is 24.6 Å². The monoisotopic (exact) mass is 237 g/mol. The molecular formula is C13H19NO3. The van der Waals surface area contributed by atoms with Gasteiger partial charge in [0, 0.05) is 20.2 Å². The molecule has 17 heavy (non-hydrogen) atoms. The average Bonchev–Trinajstić information content (AvgIpc) is 2.36. The van der Waals surface area contributed by atoms with Crippen molar-refractivity contribution < 1.29 is 14.3 Å². The molecule has 0 saturated heterocycles. The Balaban J connectivity index is 2.54. The average molecular weight is 237 g/mol. The van der Waals surface area contributed by atoms with Crippen molar-refractivity contribution >= 4 is 5.91 Å². The first-order valence-electron chi connectivity index (χ1n) is 5.62. The molecule has 0 aliphatic heterocycles. The van der Waals surface area contributed by atoms with Crippen LogP contribution in [0.5, 0.6) is 5.75 Å². The van der Waals surface area contributed by atoms with Crippen LogP contribution in [0.2, 0.25) is 0 Å². The van der Waals surface area contributed by atoms with Crippen molar-refractivity contribution in [1.82, 2.24) is 4.90 Å². The number of hydrogen-bond donors (Lipinski definition) is 0. The van der Waals surface area contributed by atoms with Crippen molar-refractivity contribution in [1.29, 1.82) is 0 Å². The summed E-state index contributed by atoms with van der Waals surface area (Å²) in [4.78, 5) is 13.3. The molecule has 0 fully saturated rings. The highest BCUT2D eigenvalue weighted by molar-refractivity contribution is 5.77. The van der Waals surface area contributed by atoms with E-state index in [0.29, 0.717) is 13.2 Å². The summed E-state index contributed by atoms with van der Waals surface area (Å²) in [6, 6.07) is 7.68. The number of benzene rings is 1. The van der Waals surface area contributed by atoms with Gasteiger partial charge in [-0.25, -0.2) is 0 Å². The number of carbonyl (C=O) groups excluding carboxylic acids is 1. The molecule has 0 aliphatic carbocycles. The summed E-state index contributed by atoms with van der Waals surface area (Å²) in [6.45, 7) is 3.12. The molecule has 0 aromatic heterocycles. The first-order valence-corrected chi connectivity index (χ1v) is 5.62. The third-order valence-electron chi connectivity index (χ3n) is 2.41. The maximum atomic E-state index is 11.6. The second-order valence-corrected chi connectivity index (χ2v) is 3.74. The fraction of sp³-hybridized carbons (Fsp3) is 0.462. The van der Waals surface area contributed by atoms with Crippen molar-refractivity contribution in [3.05, 3.63) is 29.8 Å². The zero-order valence-corrected chi connectivity index (χ0v) is 10.6. The highest BCUT2D eigenvalue weighted by Crippen LogP contribution is 2.13. The number of likely N-dealkylation sites (N-methyl/N-ethyl adjacent to an activating group) is 1. The molecule has 0 N–H and O–H groups in total. The molecule has 0 aliphatic rings. The van der Waals surface area contributed by atoms with Crippen LogP contribution < -0.4 is 4.74 Å². The Labute approximate surface area is 102 Å². The molecule has 0 spiro atoms. The lowest BCUT2D eigenvalue weighted by Crippen LogP contribution is -2.29. The maximum Gasteiger partial charge on any atom is 0.248 e. The van der Waals surface area contributed by atoms with Crippen LogP contribution in [0.25, 0.3) is 0 Å². The number of rotatable bonds is 6. The molecule has 0 saturated carbocycles. The molecule has 0 heterocycles. The minimum absolute atomic E-state index is 0.0188. The molecule has 1 rings (SSSR count). The minimum atomic E-state index is -0.0188. The molecule has 4 nitrogen and oxygen atoms in total. The second-order valence-electron chi connectivity index (χ2n) is 3.74. The van der Waals surface area contributed by atoms with Gasteiger partial charge in [0.15, 0.2) is 0 Å². The normalized spacial score (nSPS) is 10.1.